The lowest BCUT2D eigenvalue weighted by Crippen LogP contribution is -2.24. The number of hydrogen-bond donors (Lipinski definition) is 0. The monoisotopic (exact) mass is 411 g/mol. The van der Waals surface area contributed by atoms with Gasteiger partial charge in [-0.05, 0) is 86.4 Å². The molecule has 0 bridgehead atoms. The lowest BCUT2D eigenvalue weighted by Gasteiger charge is -2.29. The molecule has 2 aliphatic rings. The molecule has 154 valence electrons. The van der Waals surface area contributed by atoms with E-state index < -0.39 is 0 Å². The van der Waals surface area contributed by atoms with Crippen LogP contribution >= 0.6 is 11.6 Å². The van der Waals surface area contributed by atoms with Crippen molar-refractivity contribution in [3.63, 3.8) is 0 Å². The van der Waals surface area contributed by atoms with Gasteiger partial charge >= 0.3 is 5.97 Å². The van der Waals surface area contributed by atoms with Crippen LogP contribution in [0.3, 0.4) is 0 Å². The van der Waals surface area contributed by atoms with E-state index in [0.29, 0.717) is 17.4 Å². The van der Waals surface area contributed by atoms with E-state index in [2.05, 4.69) is 29.2 Å². The van der Waals surface area contributed by atoms with E-state index in [4.69, 9.17) is 16.3 Å². The predicted molar refractivity (Wildman–Crippen MR) is 117 cm³/mol. The Kier molecular flexibility index (Phi) is 6.89. The molecule has 3 nitrogen and oxygen atoms in total. The average molecular weight is 412 g/mol. The van der Waals surface area contributed by atoms with Crippen molar-refractivity contribution in [2.75, 3.05) is 13.1 Å². The molecule has 1 heterocycles. The van der Waals surface area contributed by atoms with E-state index >= 15 is 0 Å². The number of benzene rings is 2. The van der Waals surface area contributed by atoms with Crippen LogP contribution in [0.4, 0.5) is 0 Å². The van der Waals surface area contributed by atoms with Crippen LogP contribution in [0, 0.1) is 0 Å². The Morgan fingerprint density at radius 3 is 2.17 bits per heavy atom. The molecular formula is C25H30ClNO2. The maximum atomic E-state index is 12.2. The van der Waals surface area contributed by atoms with Gasteiger partial charge in [0.05, 0.1) is 6.42 Å². The van der Waals surface area contributed by atoms with Gasteiger partial charge in [-0.2, -0.15) is 0 Å². The number of ether oxygens (including phenoxy) is 1. The van der Waals surface area contributed by atoms with Crippen molar-refractivity contribution in [1.29, 1.82) is 0 Å². The molecule has 1 aliphatic heterocycles. The van der Waals surface area contributed by atoms with Crippen LogP contribution < -0.4 is 0 Å². The summed E-state index contributed by atoms with van der Waals surface area (Å²) in [7, 11) is 0. The molecule has 0 aromatic heterocycles. The lowest BCUT2D eigenvalue weighted by atomic mass is 9.82. The van der Waals surface area contributed by atoms with Crippen molar-refractivity contribution in [2.45, 2.75) is 63.5 Å². The molecule has 0 radical (unpaired) electrons. The van der Waals surface area contributed by atoms with Gasteiger partial charge in [-0.25, -0.2) is 0 Å². The highest BCUT2D eigenvalue weighted by Crippen LogP contribution is 2.34. The van der Waals surface area contributed by atoms with Gasteiger partial charge in [0, 0.05) is 11.6 Å². The first-order chi connectivity index (χ1) is 14.2. The van der Waals surface area contributed by atoms with Crippen LogP contribution in [0.1, 0.15) is 61.1 Å². The molecule has 1 aliphatic carbocycles. The van der Waals surface area contributed by atoms with Crippen LogP contribution in [-0.4, -0.2) is 30.1 Å². The molecule has 1 saturated heterocycles. The van der Waals surface area contributed by atoms with Crippen LogP contribution in [0.5, 0.6) is 0 Å². The topological polar surface area (TPSA) is 29.5 Å². The summed E-state index contributed by atoms with van der Waals surface area (Å²) in [5, 5.41) is 0.685. The molecule has 2 fully saturated rings. The van der Waals surface area contributed by atoms with Gasteiger partial charge in [-0.3, -0.25) is 9.69 Å². The van der Waals surface area contributed by atoms with Crippen LogP contribution in [0.2, 0.25) is 5.02 Å². The van der Waals surface area contributed by atoms with E-state index in [1.54, 1.807) is 0 Å². The van der Waals surface area contributed by atoms with Crippen molar-refractivity contribution in [1.82, 2.24) is 4.90 Å². The molecule has 0 atom stereocenters. The maximum Gasteiger partial charge on any atom is 0.310 e. The minimum absolute atomic E-state index is 0.0560. The van der Waals surface area contributed by atoms with E-state index in [1.807, 2.05) is 24.3 Å². The third-order valence-electron chi connectivity index (χ3n) is 6.29. The van der Waals surface area contributed by atoms with Crippen LogP contribution in [-0.2, 0) is 22.5 Å². The fraction of sp³-hybridized carbons (Fsp3) is 0.480. The fourth-order valence-corrected chi connectivity index (χ4v) is 4.73. The molecule has 2 aromatic rings. The summed E-state index contributed by atoms with van der Waals surface area (Å²) in [6, 6.07) is 16.6. The number of carbonyl (C=O) groups excluding carboxylic acids is 1. The normalized spacial score (nSPS) is 22.5. The highest BCUT2D eigenvalue weighted by atomic mass is 35.5. The summed E-state index contributed by atoms with van der Waals surface area (Å²) in [6.45, 7) is 3.56. The van der Waals surface area contributed by atoms with Gasteiger partial charge in [0.25, 0.3) is 0 Å². The lowest BCUT2D eigenvalue weighted by molar-refractivity contribution is -0.149. The Morgan fingerprint density at radius 2 is 1.52 bits per heavy atom. The van der Waals surface area contributed by atoms with Crippen molar-refractivity contribution < 1.29 is 9.53 Å². The van der Waals surface area contributed by atoms with E-state index in [1.165, 1.54) is 37.1 Å². The largest absolute Gasteiger partial charge is 0.462 e. The standard InChI is InChI=1S/C25H30ClNO2/c26-23-11-5-19(6-12-23)17-25(28)29-24-13-9-22(10-14-24)21-7-3-20(4-8-21)18-27-15-1-2-16-27/h3-8,11-12,22,24H,1-2,9-10,13-18H2/t22-,24-. The second-order valence-electron chi connectivity index (χ2n) is 8.49. The molecule has 4 heteroatoms. The first-order valence-corrected chi connectivity index (χ1v) is 11.3. The zero-order chi connectivity index (χ0) is 20.1. The number of esters is 1. The molecule has 0 amide bonds. The molecule has 0 N–H and O–H groups in total. The first kappa shape index (κ1) is 20.4. The van der Waals surface area contributed by atoms with Gasteiger partial charge < -0.3 is 4.74 Å². The maximum absolute atomic E-state index is 12.2. The minimum Gasteiger partial charge on any atom is -0.462 e. The smallest absolute Gasteiger partial charge is 0.310 e. The molecule has 2 aromatic carbocycles. The molecule has 4 rings (SSSR count). The van der Waals surface area contributed by atoms with Crippen molar-refractivity contribution >= 4 is 17.6 Å². The Labute approximate surface area is 179 Å². The number of nitrogens with zero attached hydrogens (tertiary/aromatic N) is 1. The zero-order valence-electron chi connectivity index (χ0n) is 17.0. The second kappa shape index (κ2) is 9.77. The van der Waals surface area contributed by atoms with Gasteiger partial charge in [0.1, 0.15) is 6.10 Å². The van der Waals surface area contributed by atoms with E-state index in [-0.39, 0.29) is 12.1 Å². The molecular weight excluding hydrogens is 382 g/mol. The van der Waals surface area contributed by atoms with E-state index in [9.17, 15) is 4.79 Å². The zero-order valence-corrected chi connectivity index (χ0v) is 17.7. The van der Waals surface area contributed by atoms with Crippen LogP contribution in [0.25, 0.3) is 0 Å². The molecule has 29 heavy (non-hydrogen) atoms. The minimum atomic E-state index is -0.137. The van der Waals surface area contributed by atoms with Gasteiger partial charge in [0.2, 0.25) is 0 Å². The Morgan fingerprint density at radius 1 is 0.897 bits per heavy atom. The van der Waals surface area contributed by atoms with Crippen molar-refractivity contribution in [3.8, 4) is 0 Å². The Balaban J connectivity index is 1.22. The Bertz CT molecular complexity index is 789. The highest BCUT2D eigenvalue weighted by molar-refractivity contribution is 6.30. The number of hydrogen-bond acceptors (Lipinski definition) is 3. The number of halogens is 1. The summed E-state index contributed by atoms with van der Waals surface area (Å²) in [5.74, 6) is 0.448. The number of carbonyl (C=O) groups is 1. The third kappa shape index (κ3) is 5.83. The quantitative estimate of drug-likeness (QED) is 0.567. The molecule has 1 saturated carbocycles. The second-order valence-corrected chi connectivity index (χ2v) is 8.93. The summed E-state index contributed by atoms with van der Waals surface area (Å²) in [6.07, 6.45) is 7.13. The van der Waals surface area contributed by atoms with E-state index in [0.717, 1.165) is 37.8 Å². The SMILES string of the molecule is O=C(Cc1ccc(Cl)cc1)O[C@H]1CC[C@H](c2ccc(CN3CCCC3)cc2)CC1. The molecule has 0 unspecified atom stereocenters. The predicted octanol–water partition coefficient (Wildman–Crippen LogP) is 5.75. The summed E-state index contributed by atoms with van der Waals surface area (Å²) < 4.78 is 5.73. The summed E-state index contributed by atoms with van der Waals surface area (Å²) >= 11 is 5.90. The summed E-state index contributed by atoms with van der Waals surface area (Å²) in [4.78, 5) is 14.8. The average Bonchev–Trinajstić information content (AvgIpc) is 3.24. The number of rotatable bonds is 6. The van der Waals surface area contributed by atoms with Crippen LogP contribution in [0.15, 0.2) is 48.5 Å². The fourth-order valence-electron chi connectivity index (χ4n) is 4.60. The highest BCUT2D eigenvalue weighted by Gasteiger charge is 2.25. The summed E-state index contributed by atoms with van der Waals surface area (Å²) in [5.41, 5.74) is 3.80. The number of likely N-dealkylation sites (tertiary alicyclic amines) is 1. The van der Waals surface area contributed by atoms with Gasteiger partial charge in [0.15, 0.2) is 0 Å². The Hall–Kier alpha value is -1.84. The van der Waals surface area contributed by atoms with Gasteiger partial charge in [-0.15, -0.1) is 0 Å². The first-order valence-electron chi connectivity index (χ1n) is 10.9. The van der Waals surface area contributed by atoms with Crippen molar-refractivity contribution in [2.24, 2.45) is 0 Å². The van der Waals surface area contributed by atoms with Crippen molar-refractivity contribution in [3.05, 3.63) is 70.2 Å². The third-order valence-corrected chi connectivity index (χ3v) is 6.54. The molecule has 0 spiro atoms. The van der Waals surface area contributed by atoms with Gasteiger partial charge in [-0.1, -0.05) is 48.0 Å².